The molecular formula is C22H14Cl3N3O2. The first-order valence-corrected chi connectivity index (χ1v) is 10.1. The topological polar surface area (TPSA) is 64.0 Å². The zero-order valence-corrected chi connectivity index (χ0v) is 17.7. The Bertz CT molecular complexity index is 1250. The van der Waals surface area contributed by atoms with Crippen molar-refractivity contribution in [2.24, 2.45) is 0 Å². The number of rotatable bonds is 5. The highest BCUT2D eigenvalue weighted by atomic mass is 35.5. The van der Waals surface area contributed by atoms with Gasteiger partial charge in [-0.3, -0.25) is 9.59 Å². The number of aromatic nitrogens is 2. The highest BCUT2D eigenvalue weighted by Gasteiger charge is 2.23. The number of fused-ring (bicyclic) bond motifs is 1. The summed E-state index contributed by atoms with van der Waals surface area (Å²) in [6.45, 7) is 0.468. The van der Waals surface area contributed by atoms with Crippen molar-refractivity contribution in [1.29, 1.82) is 0 Å². The normalized spacial score (nSPS) is 10.9. The second kappa shape index (κ2) is 8.48. The van der Waals surface area contributed by atoms with Gasteiger partial charge in [0.1, 0.15) is 5.65 Å². The quantitative estimate of drug-likeness (QED) is 0.301. The lowest BCUT2D eigenvalue weighted by Gasteiger charge is -2.08. The molecule has 30 heavy (non-hydrogen) atoms. The first kappa shape index (κ1) is 20.4. The molecule has 0 fully saturated rings. The molecular weight excluding hydrogens is 445 g/mol. The van der Waals surface area contributed by atoms with E-state index in [1.54, 1.807) is 54.9 Å². The maximum atomic E-state index is 12.9. The Hall–Kier alpha value is -2.86. The fraction of sp³-hybridized carbons (Fsp3) is 0.0455. The van der Waals surface area contributed by atoms with Crippen molar-refractivity contribution < 1.29 is 9.59 Å². The maximum Gasteiger partial charge on any atom is 0.296 e. The van der Waals surface area contributed by atoms with Gasteiger partial charge in [0.2, 0.25) is 0 Å². The smallest absolute Gasteiger partial charge is 0.296 e. The number of hydrogen-bond donors (Lipinski definition) is 1. The summed E-state index contributed by atoms with van der Waals surface area (Å²) in [5.41, 5.74) is 2.02. The number of halogens is 3. The highest BCUT2D eigenvalue weighted by Crippen LogP contribution is 2.30. The highest BCUT2D eigenvalue weighted by molar-refractivity contribution is 6.50. The Kier molecular flexibility index (Phi) is 5.77. The number of nitrogens with zero attached hydrogens (tertiary/aromatic N) is 2. The van der Waals surface area contributed by atoms with Gasteiger partial charge >= 0.3 is 0 Å². The third-order valence-electron chi connectivity index (χ3n) is 4.55. The second-order valence-electron chi connectivity index (χ2n) is 6.55. The molecule has 2 aromatic carbocycles. The number of pyridine rings is 1. The lowest BCUT2D eigenvalue weighted by Crippen LogP contribution is -2.23. The Morgan fingerprint density at radius 3 is 2.33 bits per heavy atom. The molecule has 0 saturated carbocycles. The minimum atomic E-state index is -0.834. The number of hydrogen-bond acceptors (Lipinski definition) is 3. The van der Waals surface area contributed by atoms with Gasteiger partial charge in [-0.05, 0) is 42.0 Å². The van der Waals surface area contributed by atoms with Crippen LogP contribution < -0.4 is 5.32 Å². The van der Waals surface area contributed by atoms with Crippen LogP contribution in [-0.4, -0.2) is 21.2 Å². The molecule has 5 nitrogen and oxygen atoms in total. The number of amides is 1. The van der Waals surface area contributed by atoms with Crippen LogP contribution in [-0.2, 0) is 11.3 Å². The summed E-state index contributed by atoms with van der Waals surface area (Å²) in [7, 11) is 0. The first-order chi connectivity index (χ1) is 14.4. The molecule has 0 spiro atoms. The molecule has 0 aliphatic heterocycles. The number of para-hydroxylation sites is 1. The Morgan fingerprint density at radius 1 is 0.933 bits per heavy atom. The Labute approximate surface area is 187 Å². The van der Waals surface area contributed by atoms with Crippen LogP contribution in [0.4, 0.5) is 5.69 Å². The molecule has 1 N–H and O–H groups in total. The molecule has 0 aliphatic carbocycles. The first-order valence-electron chi connectivity index (χ1n) is 8.92. The number of benzene rings is 2. The summed E-state index contributed by atoms with van der Waals surface area (Å²) in [5.74, 6) is -1.54. The monoisotopic (exact) mass is 457 g/mol. The van der Waals surface area contributed by atoms with Gasteiger partial charge in [0, 0.05) is 29.3 Å². The van der Waals surface area contributed by atoms with E-state index in [0.717, 1.165) is 5.56 Å². The van der Waals surface area contributed by atoms with Gasteiger partial charge < -0.3 is 9.88 Å². The Balaban J connectivity index is 1.67. The molecule has 2 aromatic heterocycles. The molecule has 0 aliphatic rings. The second-order valence-corrected chi connectivity index (χ2v) is 7.80. The fourth-order valence-corrected chi connectivity index (χ4v) is 3.74. The Morgan fingerprint density at radius 2 is 1.63 bits per heavy atom. The molecule has 8 heteroatoms. The van der Waals surface area contributed by atoms with Crippen molar-refractivity contribution in [3.63, 3.8) is 0 Å². The maximum absolute atomic E-state index is 12.9. The van der Waals surface area contributed by atoms with Crippen LogP contribution >= 0.6 is 34.8 Å². The minimum absolute atomic E-state index is 0.196. The van der Waals surface area contributed by atoms with Crippen LogP contribution in [0.15, 0.2) is 67.0 Å². The minimum Gasteiger partial charge on any atom is -0.327 e. The van der Waals surface area contributed by atoms with Crippen molar-refractivity contribution in [2.75, 3.05) is 5.32 Å². The van der Waals surface area contributed by atoms with Gasteiger partial charge in [-0.15, -0.1) is 0 Å². The van der Waals surface area contributed by atoms with Gasteiger partial charge in [-0.2, -0.15) is 0 Å². The summed E-state index contributed by atoms with van der Waals surface area (Å²) in [6, 6.07) is 15.7. The van der Waals surface area contributed by atoms with E-state index in [1.807, 2.05) is 16.7 Å². The van der Waals surface area contributed by atoms with Gasteiger partial charge in [0.05, 0.1) is 21.3 Å². The molecule has 150 valence electrons. The van der Waals surface area contributed by atoms with Crippen LogP contribution in [0.5, 0.6) is 0 Å². The van der Waals surface area contributed by atoms with Crippen molar-refractivity contribution in [3.8, 4) is 0 Å². The molecule has 4 rings (SSSR count). The number of Topliss-reactive ketones (excluding diaryl/α,β-unsaturated/α-hetero) is 1. The average Bonchev–Trinajstić information content (AvgIpc) is 3.10. The predicted octanol–water partition coefficient (Wildman–Crippen LogP) is 5.87. The van der Waals surface area contributed by atoms with Crippen LogP contribution in [0.25, 0.3) is 11.0 Å². The van der Waals surface area contributed by atoms with Gasteiger partial charge in [0.25, 0.3) is 11.7 Å². The van der Waals surface area contributed by atoms with E-state index in [1.165, 1.54) is 0 Å². The third-order valence-corrected chi connectivity index (χ3v) is 5.43. The summed E-state index contributed by atoms with van der Waals surface area (Å²) in [4.78, 5) is 30.0. The molecule has 2 heterocycles. The van der Waals surface area contributed by atoms with Crippen molar-refractivity contribution in [1.82, 2.24) is 9.55 Å². The van der Waals surface area contributed by atoms with E-state index in [2.05, 4.69) is 10.3 Å². The molecule has 0 bridgehead atoms. The van der Waals surface area contributed by atoms with Crippen LogP contribution in [0.2, 0.25) is 15.1 Å². The summed E-state index contributed by atoms with van der Waals surface area (Å²) >= 11 is 18.1. The lowest BCUT2D eigenvalue weighted by atomic mass is 10.1. The van der Waals surface area contributed by atoms with E-state index < -0.39 is 11.7 Å². The van der Waals surface area contributed by atoms with Gasteiger partial charge in [-0.1, -0.05) is 53.0 Å². The molecule has 1 amide bonds. The fourth-order valence-electron chi connectivity index (χ4n) is 3.12. The number of carbonyl (C=O) groups excluding carboxylic acids is 2. The average molecular weight is 459 g/mol. The third kappa shape index (κ3) is 4.05. The number of ketones is 1. The van der Waals surface area contributed by atoms with E-state index in [4.69, 9.17) is 34.8 Å². The molecule has 0 unspecified atom stereocenters. The van der Waals surface area contributed by atoms with Crippen LogP contribution in [0.1, 0.15) is 15.9 Å². The molecule has 4 aromatic rings. The standard InChI is InChI=1S/C22H14Cl3N3O2/c23-14-8-6-13(7-9-14)11-28-12-16(15-3-2-10-26-21(15)28)20(29)22(30)27-19-17(24)4-1-5-18(19)25/h1-10,12H,11H2,(H,27,30). The summed E-state index contributed by atoms with van der Waals surface area (Å²) in [5, 5.41) is 4.22. The zero-order valence-electron chi connectivity index (χ0n) is 15.4. The van der Waals surface area contributed by atoms with Crippen molar-refractivity contribution in [2.45, 2.75) is 6.54 Å². The number of anilines is 1. The molecule has 0 saturated heterocycles. The molecule has 0 radical (unpaired) electrons. The van der Waals surface area contributed by atoms with E-state index in [9.17, 15) is 9.59 Å². The summed E-state index contributed by atoms with van der Waals surface area (Å²) in [6.07, 6.45) is 3.26. The largest absolute Gasteiger partial charge is 0.327 e. The predicted molar refractivity (Wildman–Crippen MR) is 120 cm³/mol. The zero-order chi connectivity index (χ0) is 21.3. The van der Waals surface area contributed by atoms with E-state index in [-0.39, 0.29) is 21.3 Å². The van der Waals surface area contributed by atoms with Crippen LogP contribution in [0, 0.1) is 0 Å². The van der Waals surface area contributed by atoms with Crippen LogP contribution in [0.3, 0.4) is 0 Å². The van der Waals surface area contributed by atoms with E-state index in [0.29, 0.717) is 22.6 Å². The number of nitrogens with one attached hydrogen (secondary N) is 1. The SMILES string of the molecule is O=C(Nc1c(Cl)cccc1Cl)C(=O)c1cn(Cc2ccc(Cl)cc2)c2ncccc12. The lowest BCUT2D eigenvalue weighted by molar-refractivity contribution is -0.112. The molecule has 0 atom stereocenters. The van der Waals surface area contributed by atoms with Gasteiger partial charge in [-0.25, -0.2) is 4.98 Å². The number of carbonyl (C=O) groups is 2. The van der Waals surface area contributed by atoms with E-state index >= 15 is 0 Å². The van der Waals surface area contributed by atoms with Crippen molar-refractivity contribution >= 4 is 63.2 Å². The van der Waals surface area contributed by atoms with Crippen molar-refractivity contribution in [3.05, 3.63) is 93.2 Å². The summed E-state index contributed by atoms with van der Waals surface area (Å²) < 4.78 is 1.82. The van der Waals surface area contributed by atoms with Gasteiger partial charge in [0.15, 0.2) is 0 Å².